The molecule has 7 heteroatoms. The van der Waals surface area contributed by atoms with Gasteiger partial charge in [-0.25, -0.2) is 4.39 Å². The molecular weight excluding hydrogens is 463 g/mol. The van der Waals surface area contributed by atoms with Crippen LogP contribution in [0, 0.1) is 18.8 Å². The predicted molar refractivity (Wildman–Crippen MR) is 139 cm³/mol. The first-order valence-corrected chi connectivity index (χ1v) is 13.1. The highest BCUT2D eigenvalue weighted by molar-refractivity contribution is 7.99. The van der Waals surface area contributed by atoms with Crippen molar-refractivity contribution < 1.29 is 19.0 Å². The third-order valence-electron chi connectivity index (χ3n) is 6.97. The number of pyridine rings is 1. The molecule has 1 aromatic heterocycles. The van der Waals surface area contributed by atoms with Crippen LogP contribution in [0.25, 0.3) is 10.9 Å². The molecule has 0 aliphatic carbocycles. The zero-order chi connectivity index (χ0) is 24.8. The van der Waals surface area contributed by atoms with Gasteiger partial charge in [0.25, 0.3) is 0 Å². The molecule has 186 valence electrons. The molecule has 0 spiro atoms. The normalized spacial score (nSPS) is 19.5. The van der Waals surface area contributed by atoms with E-state index in [2.05, 4.69) is 41.1 Å². The number of piperidine rings is 1. The number of ether oxygens (including phenoxy) is 1. The number of halogens is 1. The molecule has 2 aromatic carbocycles. The van der Waals surface area contributed by atoms with Crippen molar-refractivity contribution in [3.05, 3.63) is 65.9 Å². The Balaban J connectivity index is 1.32. The van der Waals surface area contributed by atoms with E-state index < -0.39 is 18.1 Å². The van der Waals surface area contributed by atoms with Crippen LogP contribution in [0.1, 0.15) is 36.6 Å². The summed E-state index contributed by atoms with van der Waals surface area (Å²) in [7, 11) is 1.59. The second-order valence-electron chi connectivity index (χ2n) is 9.28. The summed E-state index contributed by atoms with van der Waals surface area (Å²) >= 11 is 1.80. The van der Waals surface area contributed by atoms with Crippen molar-refractivity contribution in [2.75, 3.05) is 32.5 Å². The molecule has 3 aromatic rings. The number of nitrogens with zero attached hydrogens (tertiary/aromatic N) is 2. The van der Waals surface area contributed by atoms with Crippen LogP contribution in [-0.4, -0.2) is 53.5 Å². The largest absolute Gasteiger partial charge is 0.497 e. The Hall–Kier alpha value is -2.64. The van der Waals surface area contributed by atoms with Gasteiger partial charge in [-0.1, -0.05) is 17.7 Å². The Labute approximate surface area is 210 Å². The number of hydrogen-bond donors (Lipinski definition) is 1. The smallest absolute Gasteiger partial charge is 0.308 e. The highest BCUT2D eigenvalue weighted by Gasteiger charge is 2.34. The molecule has 0 radical (unpaired) electrons. The van der Waals surface area contributed by atoms with Gasteiger partial charge in [0.05, 0.1) is 18.5 Å². The summed E-state index contributed by atoms with van der Waals surface area (Å²) in [6, 6.07) is 15.7. The minimum Gasteiger partial charge on any atom is -0.497 e. The van der Waals surface area contributed by atoms with Gasteiger partial charge >= 0.3 is 5.97 Å². The highest BCUT2D eigenvalue weighted by Crippen LogP contribution is 2.35. The zero-order valence-corrected chi connectivity index (χ0v) is 21.1. The molecule has 2 heterocycles. The van der Waals surface area contributed by atoms with Gasteiger partial charge in [0.1, 0.15) is 11.9 Å². The molecule has 1 aliphatic rings. The predicted octanol–water partition coefficient (Wildman–Crippen LogP) is 6.16. The fourth-order valence-corrected chi connectivity index (χ4v) is 5.80. The Morgan fingerprint density at radius 1 is 1.26 bits per heavy atom. The summed E-state index contributed by atoms with van der Waals surface area (Å²) in [4.78, 5) is 19.9. The SMILES string of the molecule is COc1ccc2nccc(C(F)CC[C@@H]3CCN(CCSc4ccc(C)cc4)C[C@@H]3C(=O)O)c2c1. The Morgan fingerprint density at radius 3 is 2.80 bits per heavy atom. The van der Waals surface area contributed by atoms with Crippen molar-refractivity contribution in [2.45, 2.75) is 37.3 Å². The number of benzene rings is 2. The van der Waals surface area contributed by atoms with Gasteiger partial charge in [-0.2, -0.15) is 0 Å². The van der Waals surface area contributed by atoms with E-state index in [-0.39, 0.29) is 5.92 Å². The number of rotatable bonds is 10. The number of aromatic nitrogens is 1. The first-order valence-electron chi connectivity index (χ1n) is 12.2. The van der Waals surface area contributed by atoms with Crippen LogP contribution in [0.5, 0.6) is 5.75 Å². The lowest BCUT2D eigenvalue weighted by molar-refractivity contribution is -0.146. The number of aliphatic carboxylic acids is 1. The molecular formula is C28H33FN2O3S. The molecule has 0 saturated carbocycles. The Bertz CT molecular complexity index is 1140. The number of thioether (sulfide) groups is 1. The molecule has 1 unspecified atom stereocenters. The van der Waals surface area contributed by atoms with Gasteiger partial charge in [0, 0.05) is 35.3 Å². The van der Waals surface area contributed by atoms with Crippen LogP contribution in [0.15, 0.2) is 59.6 Å². The monoisotopic (exact) mass is 496 g/mol. The van der Waals surface area contributed by atoms with E-state index in [1.165, 1.54) is 10.5 Å². The van der Waals surface area contributed by atoms with Gasteiger partial charge in [-0.05, 0) is 80.6 Å². The van der Waals surface area contributed by atoms with Crippen molar-refractivity contribution in [2.24, 2.45) is 11.8 Å². The maximum absolute atomic E-state index is 15.4. The molecule has 4 rings (SSSR count). The van der Waals surface area contributed by atoms with Gasteiger partial charge in [-0.15, -0.1) is 11.8 Å². The Kier molecular flexibility index (Phi) is 8.63. The first kappa shape index (κ1) is 25.5. The van der Waals surface area contributed by atoms with E-state index in [4.69, 9.17) is 4.74 Å². The molecule has 1 aliphatic heterocycles. The summed E-state index contributed by atoms with van der Waals surface area (Å²) in [5, 5.41) is 10.6. The van der Waals surface area contributed by atoms with Crippen LogP contribution in [0.2, 0.25) is 0 Å². The second-order valence-corrected chi connectivity index (χ2v) is 10.5. The van der Waals surface area contributed by atoms with Gasteiger partial charge in [0.2, 0.25) is 0 Å². The van der Waals surface area contributed by atoms with Gasteiger partial charge in [-0.3, -0.25) is 9.78 Å². The Morgan fingerprint density at radius 2 is 2.06 bits per heavy atom. The number of carboxylic acid groups (broad SMARTS) is 1. The lowest BCUT2D eigenvalue weighted by atomic mass is 9.81. The number of carbonyl (C=O) groups is 1. The van der Waals surface area contributed by atoms with Crippen LogP contribution in [0.4, 0.5) is 4.39 Å². The van der Waals surface area contributed by atoms with E-state index in [1.54, 1.807) is 31.1 Å². The average Bonchev–Trinajstić information content (AvgIpc) is 2.88. The second kappa shape index (κ2) is 11.9. The van der Waals surface area contributed by atoms with Crippen LogP contribution >= 0.6 is 11.8 Å². The van der Waals surface area contributed by atoms with Crippen molar-refractivity contribution in [3.8, 4) is 5.75 Å². The van der Waals surface area contributed by atoms with Crippen LogP contribution in [-0.2, 0) is 4.79 Å². The third kappa shape index (κ3) is 6.53. The standard InChI is InChI=1S/C28H33FN2O3S/c1-19-3-7-22(8-4-19)35-16-15-31-14-12-20(25(18-31)28(32)33)5-9-26(29)23-11-13-30-27-10-6-21(34-2)17-24(23)27/h3-4,6-8,10-11,13,17,20,25-26H,5,9,12,14-16,18H2,1-2H3,(H,32,33)/t20-,25+,26?/m1/s1. The molecule has 1 fully saturated rings. The fraction of sp³-hybridized carbons (Fsp3) is 0.429. The average molecular weight is 497 g/mol. The number of alkyl halides is 1. The summed E-state index contributed by atoms with van der Waals surface area (Å²) in [5.41, 5.74) is 2.56. The van der Waals surface area contributed by atoms with Crippen molar-refractivity contribution in [1.29, 1.82) is 0 Å². The van der Waals surface area contributed by atoms with E-state index in [9.17, 15) is 9.90 Å². The van der Waals surface area contributed by atoms with Crippen LogP contribution in [0.3, 0.4) is 0 Å². The lowest BCUT2D eigenvalue weighted by Crippen LogP contribution is -2.44. The molecule has 3 atom stereocenters. The van der Waals surface area contributed by atoms with Crippen LogP contribution < -0.4 is 4.74 Å². The minimum atomic E-state index is -1.18. The number of fused-ring (bicyclic) bond motifs is 1. The summed E-state index contributed by atoms with van der Waals surface area (Å²) in [6.07, 6.45) is 2.09. The van der Waals surface area contributed by atoms with E-state index in [0.29, 0.717) is 30.7 Å². The van der Waals surface area contributed by atoms with E-state index >= 15 is 4.39 Å². The van der Waals surface area contributed by atoms with Crippen molar-refractivity contribution in [1.82, 2.24) is 9.88 Å². The highest BCUT2D eigenvalue weighted by atomic mass is 32.2. The summed E-state index contributed by atoms with van der Waals surface area (Å²) in [6.45, 7) is 4.31. The molecule has 5 nitrogen and oxygen atoms in total. The van der Waals surface area contributed by atoms with Gasteiger partial charge in [0.15, 0.2) is 0 Å². The number of likely N-dealkylation sites (tertiary alicyclic amines) is 1. The fourth-order valence-electron chi connectivity index (χ4n) is 4.89. The number of carboxylic acids is 1. The molecule has 0 amide bonds. The maximum Gasteiger partial charge on any atom is 0.308 e. The lowest BCUT2D eigenvalue weighted by Gasteiger charge is -2.36. The quantitative estimate of drug-likeness (QED) is 0.339. The number of hydrogen-bond acceptors (Lipinski definition) is 5. The van der Waals surface area contributed by atoms with Gasteiger partial charge < -0.3 is 14.7 Å². The molecule has 0 bridgehead atoms. The first-order chi connectivity index (χ1) is 16.9. The summed E-state index contributed by atoms with van der Waals surface area (Å²) in [5.74, 6) is 0.327. The zero-order valence-electron chi connectivity index (χ0n) is 20.3. The third-order valence-corrected chi connectivity index (χ3v) is 7.96. The van der Waals surface area contributed by atoms with Crippen molar-refractivity contribution >= 4 is 28.6 Å². The number of methoxy groups -OCH3 is 1. The van der Waals surface area contributed by atoms with Crippen molar-refractivity contribution in [3.63, 3.8) is 0 Å². The maximum atomic E-state index is 15.4. The molecule has 1 saturated heterocycles. The topological polar surface area (TPSA) is 62.7 Å². The molecule has 35 heavy (non-hydrogen) atoms. The summed E-state index contributed by atoms with van der Waals surface area (Å²) < 4.78 is 20.7. The number of aryl methyl sites for hydroxylation is 1. The van der Waals surface area contributed by atoms with E-state index in [0.717, 1.165) is 36.2 Å². The molecule has 1 N–H and O–H groups in total. The van der Waals surface area contributed by atoms with E-state index in [1.807, 2.05) is 18.2 Å². The minimum absolute atomic E-state index is 0.0191.